The highest BCUT2D eigenvalue weighted by Gasteiger charge is 2.42. The minimum Gasteiger partial charge on any atom is -0.480 e. The van der Waals surface area contributed by atoms with E-state index >= 15 is 0 Å². The number of carbonyl (C=O) groups excluding carboxylic acids is 1. The second-order valence-electron chi connectivity index (χ2n) is 5.04. The third-order valence-corrected chi connectivity index (χ3v) is 3.74. The van der Waals surface area contributed by atoms with Crippen molar-refractivity contribution < 1.29 is 23.8 Å². The second kappa shape index (κ2) is 5.98. The molecule has 114 valence electrons. The van der Waals surface area contributed by atoms with Gasteiger partial charge in [0.25, 0.3) is 0 Å². The van der Waals surface area contributed by atoms with E-state index in [1.165, 1.54) is 23.1 Å². The van der Waals surface area contributed by atoms with Gasteiger partial charge in [-0.05, 0) is 41.1 Å². The average Bonchev–Trinajstić information content (AvgIpc) is 2.37. The number of hydrogen-bond donors (Lipinski definition) is 2. The highest BCUT2D eigenvalue weighted by molar-refractivity contribution is 9.10. The molecule has 0 saturated carbocycles. The summed E-state index contributed by atoms with van der Waals surface area (Å²) < 4.78 is 18.9. The van der Waals surface area contributed by atoms with Crippen LogP contribution < -0.4 is 5.32 Å². The molecule has 1 aromatic rings. The van der Waals surface area contributed by atoms with Crippen LogP contribution in [0.1, 0.15) is 6.92 Å². The summed E-state index contributed by atoms with van der Waals surface area (Å²) in [7, 11) is 0. The fraction of sp³-hybridized carbons (Fsp3) is 0.385. The van der Waals surface area contributed by atoms with Gasteiger partial charge in [-0.15, -0.1) is 0 Å². The SMILES string of the molecule is CC1(OCC(=O)O)CN(C(=O)Nc2cc(F)ccc2Br)C1. The van der Waals surface area contributed by atoms with Gasteiger partial charge in [-0.3, -0.25) is 0 Å². The number of likely N-dealkylation sites (tertiary alicyclic amines) is 1. The van der Waals surface area contributed by atoms with E-state index in [1.807, 2.05) is 0 Å². The normalized spacial score (nSPS) is 16.2. The van der Waals surface area contributed by atoms with E-state index < -0.39 is 30.0 Å². The van der Waals surface area contributed by atoms with Gasteiger partial charge in [0, 0.05) is 4.47 Å². The standard InChI is InChI=1S/C13H14BrFN2O4/c1-13(21-5-11(18)19)6-17(7-13)12(20)16-10-4-8(15)2-3-9(10)14/h2-4H,5-7H2,1H3,(H,16,20)(H,18,19). The first-order valence-corrected chi connectivity index (χ1v) is 6.95. The van der Waals surface area contributed by atoms with Crippen molar-refractivity contribution in [3.8, 4) is 0 Å². The number of aliphatic carboxylic acids is 1. The number of amides is 2. The molecule has 0 aliphatic carbocycles. The topological polar surface area (TPSA) is 78.9 Å². The van der Waals surface area contributed by atoms with Crippen LogP contribution >= 0.6 is 15.9 Å². The molecule has 1 heterocycles. The quantitative estimate of drug-likeness (QED) is 0.863. The Morgan fingerprint density at radius 2 is 2.19 bits per heavy atom. The van der Waals surface area contributed by atoms with Crippen LogP contribution in [0.15, 0.2) is 22.7 Å². The zero-order valence-electron chi connectivity index (χ0n) is 11.2. The Bertz CT molecular complexity index is 575. The van der Waals surface area contributed by atoms with Gasteiger partial charge in [-0.2, -0.15) is 0 Å². The lowest BCUT2D eigenvalue weighted by molar-refractivity contribution is -0.159. The predicted octanol–water partition coefficient (Wildman–Crippen LogP) is 2.30. The molecule has 21 heavy (non-hydrogen) atoms. The number of rotatable bonds is 4. The summed E-state index contributed by atoms with van der Waals surface area (Å²) in [6.45, 7) is 1.89. The van der Waals surface area contributed by atoms with Crippen LogP contribution in [-0.2, 0) is 9.53 Å². The molecule has 0 unspecified atom stereocenters. The van der Waals surface area contributed by atoms with Gasteiger partial charge in [0.15, 0.2) is 0 Å². The Balaban J connectivity index is 1.89. The smallest absolute Gasteiger partial charge is 0.329 e. The van der Waals surface area contributed by atoms with Gasteiger partial charge in [0.1, 0.15) is 18.0 Å². The first-order chi connectivity index (χ1) is 9.79. The van der Waals surface area contributed by atoms with Crippen LogP contribution in [-0.4, -0.2) is 47.3 Å². The number of anilines is 1. The molecule has 0 aromatic heterocycles. The van der Waals surface area contributed by atoms with Crippen LogP contribution in [0.5, 0.6) is 0 Å². The Labute approximate surface area is 129 Å². The predicted molar refractivity (Wildman–Crippen MR) is 76.7 cm³/mol. The molecule has 1 fully saturated rings. The van der Waals surface area contributed by atoms with Crippen molar-refractivity contribution in [3.63, 3.8) is 0 Å². The summed E-state index contributed by atoms with van der Waals surface area (Å²) in [6, 6.07) is 3.60. The number of ether oxygens (including phenoxy) is 1. The van der Waals surface area contributed by atoms with Crippen molar-refractivity contribution >= 4 is 33.6 Å². The summed E-state index contributed by atoms with van der Waals surface area (Å²) in [6.07, 6.45) is 0. The van der Waals surface area contributed by atoms with Crippen molar-refractivity contribution in [1.29, 1.82) is 0 Å². The molecule has 1 aromatic carbocycles. The maximum atomic E-state index is 13.1. The molecule has 1 aliphatic heterocycles. The van der Waals surface area contributed by atoms with E-state index in [9.17, 15) is 14.0 Å². The number of nitrogens with one attached hydrogen (secondary N) is 1. The fourth-order valence-electron chi connectivity index (χ4n) is 2.02. The number of nitrogens with zero attached hydrogens (tertiary/aromatic N) is 1. The van der Waals surface area contributed by atoms with Gasteiger partial charge >= 0.3 is 12.0 Å². The number of carbonyl (C=O) groups is 2. The van der Waals surface area contributed by atoms with Crippen LogP contribution in [0.4, 0.5) is 14.9 Å². The molecule has 8 heteroatoms. The van der Waals surface area contributed by atoms with Gasteiger partial charge < -0.3 is 20.1 Å². The van der Waals surface area contributed by atoms with Crippen LogP contribution in [0.2, 0.25) is 0 Å². The van der Waals surface area contributed by atoms with Gasteiger partial charge in [-0.25, -0.2) is 14.0 Å². The molecule has 2 N–H and O–H groups in total. The van der Waals surface area contributed by atoms with Crippen molar-refractivity contribution in [2.45, 2.75) is 12.5 Å². The van der Waals surface area contributed by atoms with Gasteiger partial charge in [0.2, 0.25) is 0 Å². The second-order valence-corrected chi connectivity index (χ2v) is 5.90. The van der Waals surface area contributed by atoms with E-state index in [1.54, 1.807) is 6.92 Å². The summed E-state index contributed by atoms with van der Waals surface area (Å²) in [5.41, 5.74) is -0.324. The minimum absolute atomic E-state index is 0.277. The molecule has 0 spiro atoms. The average molecular weight is 361 g/mol. The third-order valence-electron chi connectivity index (χ3n) is 3.05. The molecule has 0 bridgehead atoms. The molecule has 2 rings (SSSR count). The lowest BCUT2D eigenvalue weighted by Crippen LogP contribution is -2.64. The lowest BCUT2D eigenvalue weighted by atomic mass is 9.97. The van der Waals surface area contributed by atoms with E-state index in [0.29, 0.717) is 10.2 Å². The molecule has 0 radical (unpaired) electrons. The minimum atomic E-state index is -1.05. The number of halogens is 2. The number of hydrogen-bond acceptors (Lipinski definition) is 3. The largest absolute Gasteiger partial charge is 0.480 e. The monoisotopic (exact) mass is 360 g/mol. The highest BCUT2D eigenvalue weighted by atomic mass is 79.9. The van der Waals surface area contributed by atoms with E-state index in [4.69, 9.17) is 9.84 Å². The van der Waals surface area contributed by atoms with Crippen molar-refractivity contribution in [3.05, 3.63) is 28.5 Å². The molecule has 1 aliphatic rings. The number of carboxylic acid groups (broad SMARTS) is 1. The Morgan fingerprint density at radius 3 is 2.81 bits per heavy atom. The lowest BCUT2D eigenvalue weighted by Gasteiger charge is -2.46. The van der Waals surface area contributed by atoms with Crippen LogP contribution in [0.25, 0.3) is 0 Å². The molecule has 6 nitrogen and oxygen atoms in total. The van der Waals surface area contributed by atoms with Crippen molar-refractivity contribution in [1.82, 2.24) is 4.90 Å². The summed E-state index contributed by atoms with van der Waals surface area (Å²) >= 11 is 3.22. The summed E-state index contributed by atoms with van der Waals surface area (Å²) in [5, 5.41) is 11.1. The van der Waals surface area contributed by atoms with Crippen LogP contribution in [0.3, 0.4) is 0 Å². The van der Waals surface area contributed by atoms with E-state index in [0.717, 1.165) is 0 Å². The zero-order valence-corrected chi connectivity index (χ0v) is 12.8. The molecular weight excluding hydrogens is 347 g/mol. The first kappa shape index (κ1) is 15.7. The van der Waals surface area contributed by atoms with Crippen LogP contribution in [0, 0.1) is 5.82 Å². The zero-order chi connectivity index (χ0) is 15.6. The molecule has 2 amide bonds. The van der Waals surface area contributed by atoms with Gasteiger partial charge in [-0.1, -0.05) is 0 Å². The molecule has 1 saturated heterocycles. The maximum absolute atomic E-state index is 13.1. The number of benzene rings is 1. The van der Waals surface area contributed by atoms with Crippen molar-refractivity contribution in [2.75, 3.05) is 25.0 Å². The molecule has 0 atom stereocenters. The summed E-state index contributed by atoms with van der Waals surface area (Å²) in [5.74, 6) is -1.51. The van der Waals surface area contributed by atoms with Gasteiger partial charge in [0.05, 0.1) is 18.8 Å². The van der Waals surface area contributed by atoms with E-state index in [2.05, 4.69) is 21.2 Å². The van der Waals surface area contributed by atoms with Crippen molar-refractivity contribution in [2.24, 2.45) is 0 Å². The summed E-state index contributed by atoms with van der Waals surface area (Å²) in [4.78, 5) is 23.9. The maximum Gasteiger partial charge on any atom is 0.329 e. The Hall–Kier alpha value is -1.67. The first-order valence-electron chi connectivity index (χ1n) is 6.16. The third kappa shape index (κ3) is 3.92. The number of carboxylic acids is 1. The Morgan fingerprint density at radius 1 is 1.52 bits per heavy atom. The number of urea groups is 1. The molecular formula is C13H14BrFN2O4. The fourth-order valence-corrected chi connectivity index (χ4v) is 2.37. The Kier molecular flexibility index (Phi) is 4.48. The highest BCUT2D eigenvalue weighted by Crippen LogP contribution is 2.27. The van der Waals surface area contributed by atoms with E-state index in [-0.39, 0.29) is 13.1 Å².